The van der Waals surface area contributed by atoms with Crippen molar-refractivity contribution in [2.24, 2.45) is 0 Å². The third-order valence-corrected chi connectivity index (χ3v) is 4.53. The van der Waals surface area contributed by atoms with Gasteiger partial charge in [0.25, 0.3) is 0 Å². The number of aromatic nitrogens is 6. The number of rotatable bonds is 4. The largest absolute Gasteiger partial charge is 0.480 e. The Morgan fingerprint density at radius 1 is 1.26 bits per heavy atom. The minimum atomic E-state index is -4.59. The Kier molecular flexibility index (Phi) is 4.01. The smallest absolute Gasteiger partial charge is 0.423 e. The lowest BCUT2D eigenvalue weighted by molar-refractivity contribution is -0.139. The van der Waals surface area contributed by atoms with Crippen LogP contribution in [0, 0.1) is 6.92 Å². The molecule has 0 saturated carbocycles. The molecule has 3 aromatic heterocycles. The zero-order valence-electron chi connectivity index (χ0n) is 14.5. The van der Waals surface area contributed by atoms with Crippen LogP contribution in [0.4, 0.5) is 24.8 Å². The summed E-state index contributed by atoms with van der Waals surface area (Å²) in [5.41, 5.74) is 0.376. The van der Waals surface area contributed by atoms with Gasteiger partial charge in [0.1, 0.15) is 17.4 Å². The van der Waals surface area contributed by atoms with Crippen LogP contribution in [-0.2, 0) is 12.7 Å². The summed E-state index contributed by atoms with van der Waals surface area (Å²) in [6.07, 6.45) is 2.25. The number of alkyl halides is 3. The molecular weight excluding hydrogens is 363 g/mol. The number of anilines is 2. The molecular formula is C16H16F3N7O. The predicted molar refractivity (Wildman–Crippen MR) is 88.8 cm³/mol. The Morgan fingerprint density at radius 3 is 2.81 bits per heavy atom. The second-order valence-electron chi connectivity index (χ2n) is 6.11. The second kappa shape index (κ2) is 6.25. The van der Waals surface area contributed by atoms with Gasteiger partial charge < -0.3 is 14.6 Å². The van der Waals surface area contributed by atoms with Gasteiger partial charge >= 0.3 is 6.18 Å². The summed E-state index contributed by atoms with van der Waals surface area (Å²) in [6, 6.07) is 0.0126. The van der Waals surface area contributed by atoms with E-state index < -0.39 is 17.6 Å². The highest BCUT2D eigenvalue weighted by atomic mass is 19.4. The monoisotopic (exact) mass is 379 g/mol. The lowest BCUT2D eigenvalue weighted by Crippen LogP contribution is -2.12. The van der Waals surface area contributed by atoms with Crippen LogP contribution in [0.5, 0.6) is 5.88 Å². The third-order valence-electron chi connectivity index (χ3n) is 4.53. The zero-order chi connectivity index (χ0) is 19.2. The molecule has 0 radical (unpaired) electrons. The van der Waals surface area contributed by atoms with E-state index in [0.29, 0.717) is 11.9 Å². The van der Waals surface area contributed by atoms with E-state index in [1.807, 2.05) is 17.8 Å². The van der Waals surface area contributed by atoms with Crippen molar-refractivity contribution in [3.8, 4) is 5.88 Å². The van der Waals surface area contributed by atoms with Gasteiger partial charge in [-0.3, -0.25) is 4.68 Å². The van der Waals surface area contributed by atoms with Crippen LogP contribution >= 0.6 is 0 Å². The number of hydrogen-bond acceptors (Lipinski definition) is 6. The van der Waals surface area contributed by atoms with E-state index >= 15 is 0 Å². The van der Waals surface area contributed by atoms with Crippen LogP contribution in [0.15, 0.2) is 24.8 Å². The highest BCUT2D eigenvalue weighted by molar-refractivity contribution is 5.56. The molecule has 0 aromatic carbocycles. The van der Waals surface area contributed by atoms with Gasteiger partial charge in [0.2, 0.25) is 11.8 Å². The molecule has 8 nitrogen and oxygen atoms in total. The Labute approximate surface area is 152 Å². The first-order valence-corrected chi connectivity index (χ1v) is 8.19. The predicted octanol–water partition coefficient (Wildman–Crippen LogP) is 2.94. The van der Waals surface area contributed by atoms with Crippen molar-refractivity contribution in [2.75, 3.05) is 12.4 Å². The highest BCUT2D eigenvalue weighted by Gasteiger charge is 2.36. The summed E-state index contributed by atoms with van der Waals surface area (Å²) in [5, 5.41) is 7.31. The van der Waals surface area contributed by atoms with E-state index in [-0.39, 0.29) is 12.0 Å². The number of methoxy groups -OCH3 is 1. The second-order valence-corrected chi connectivity index (χ2v) is 6.11. The minimum Gasteiger partial charge on any atom is -0.480 e. The summed E-state index contributed by atoms with van der Waals surface area (Å²) in [4.78, 5) is 11.9. The molecule has 0 fully saturated rings. The molecule has 0 bridgehead atoms. The first-order valence-electron chi connectivity index (χ1n) is 8.19. The fourth-order valence-electron chi connectivity index (χ4n) is 3.19. The molecule has 1 aliphatic rings. The van der Waals surface area contributed by atoms with E-state index in [9.17, 15) is 13.2 Å². The van der Waals surface area contributed by atoms with Gasteiger partial charge in [-0.1, -0.05) is 0 Å². The Hall–Kier alpha value is -3.11. The number of fused-ring (bicyclic) bond motifs is 1. The van der Waals surface area contributed by atoms with E-state index in [2.05, 4.69) is 29.9 Å². The molecule has 4 rings (SSSR count). The van der Waals surface area contributed by atoms with Gasteiger partial charge in [-0.05, 0) is 13.3 Å². The van der Waals surface area contributed by atoms with Crippen LogP contribution in [-0.4, -0.2) is 36.4 Å². The van der Waals surface area contributed by atoms with Crippen molar-refractivity contribution in [3.05, 3.63) is 41.9 Å². The summed E-state index contributed by atoms with van der Waals surface area (Å²) in [7, 11) is 1.13. The van der Waals surface area contributed by atoms with Gasteiger partial charge in [-0.15, -0.1) is 0 Å². The maximum Gasteiger partial charge on any atom is 0.423 e. The highest BCUT2D eigenvalue weighted by Crippen LogP contribution is 2.35. The lowest BCUT2D eigenvalue weighted by atomic mass is 10.2. The molecule has 3 aromatic rings. The van der Waals surface area contributed by atoms with Crippen molar-refractivity contribution >= 4 is 11.6 Å². The summed E-state index contributed by atoms with van der Waals surface area (Å²) in [5.74, 6) is 0.387. The van der Waals surface area contributed by atoms with E-state index in [0.717, 1.165) is 31.6 Å². The summed E-state index contributed by atoms with van der Waals surface area (Å²) in [6.45, 7) is 2.73. The van der Waals surface area contributed by atoms with Crippen molar-refractivity contribution in [1.29, 1.82) is 0 Å². The van der Waals surface area contributed by atoms with Crippen LogP contribution in [0.25, 0.3) is 0 Å². The van der Waals surface area contributed by atoms with Crippen molar-refractivity contribution in [1.82, 2.24) is 29.3 Å². The summed E-state index contributed by atoms with van der Waals surface area (Å²) >= 11 is 0. The maximum absolute atomic E-state index is 12.9. The van der Waals surface area contributed by atoms with E-state index in [1.54, 1.807) is 12.4 Å². The van der Waals surface area contributed by atoms with Crippen LogP contribution in [0.1, 0.15) is 29.5 Å². The Bertz CT molecular complexity index is 979. The van der Waals surface area contributed by atoms with Gasteiger partial charge in [0.15, 0.2) is 0 Å². The number of nitrogens with zero attached hydrogens (tertiary/aromatic N) is 6. The van der Waals surface area contributed by atoms with Crippen LogP contribution < -0.4 is 10.1 Å². The van der Waals surface area contributed by atoms with Gasteiger partial charge in [0, 0.05) is 25.1 Å². The van der Waals surface area contributed by atoms with E-state index in [1.165, 1.54) is 0 Å². The SMILES string of the molecule is COc1nc(Nc2cnn([C@@H]3CCn4ccnc43)c2C)ncc1C(F)(F)F. The molecule has 0 saturated heterocycles. The molecule has 0 spiro atoms. The first kappa shape index (κ1) is 17.3. The maximum atomic E-state index is 12.9. The standard InChI is InChI=1S/C16H16F3N7O/c1-9-11(8-22-26(9)12-3-5-25-6-4-20-13(12)25)23-15-21-7-10(16(17,18)19)14(24-15)27-2/h4,6-8,12H,3,5H2,1-2H3,(H,21,23,24)/t12-/m1/s1. The van der Waals surface area contributed by atoms with E-state index in [4.69, 9.17) is 4.74 Å². The number of hydrogen-bond donors (Lipinski definition) is 1. The molecule has 0 unspecified atom stereocenters. The molecule has 0 aliphatic carbocycles. The minimum absolute atomic E-state index is 0.00424. The van der Waals surface area contributed by atoms with Crippen molar-refractivity contribution in [2.45, 2.75) is 32.1 Å². The van der Waals surface area contributed by atoms with Crippen LogP contribution in [0.2, 0.25) is 0 Å². The van der Waals surface area contributed by atoms with Crippen molar-refractivity contribution < 1.29 is 17.9 Å². The number of nitrogens with one attached hydrogen (secondary N) is 1. The number of aryl methyl sites for hydroxylation is 1. The fraction of sp³-hybridized carbons (Fsp3) is 0.375. The molecule has 1 atom stereocenters. The Balaban J connectivity index is 1.61. The van der Waals surface area contributed by atoms with Crippen LogP contribution in [0.3, 0.4) is 0 Å². The Morgan fingerprint density at radius 2 is 2.07 bits per heavy atom. The number of imidazole rings is 1. The average Bonchev–Trinajstić information content (AvgIpc) is 3.31. The molecule has 0 amide bonds. The topological polar surface area (TPSA) is 82.7 Å². The molecule has 1 N–H and O–H groups in total. The quantitative estimate of drug-likeness (QED) is 0.751. The average molecular weight is 379 g/mol. The molecule has 11 heteroatoms. The third kappa shape index (κ3) is 2.98. The fourth-order valence-corrected chi connectivity index (χ4v) is 3.19. The zero-order valence-corrected chi connectivity index (χ0v) is 14.5. The van der Waals surface area contributed by atoms with Crippen molar-refractivity contribution in [3.63, 3.8) is 0 Å². The molecule has 1 aliphatic heterocycles. The number of ether oxygens (including phenoxy) is 1. The summed E-state index contributed by atoms with van der Waals surface area (Å²) < 4.78 is 47.5. The number of halogens is 3. The molecule has 4 heterocycles. The van der Waals surface area contributed by atoms with Gasteiger partial charge in [0.05, 0.1) is 24.7 Å². The first-order chi connectivity index (χ1) is 12.9. The van der Waals surface area contributed by atoms with Gasteiger partial charge in [-0.2, -0.15) is 23.3 Å². The lowest BCUT2D eigenvalue weighted by Gasteiger charge is -2.13. The molecule has 27 heavy (non-hydrogen) atoms. The molecule has 142 valence electrons. The normalized spacial score (nSPS) is 16.4. The van der Waals surface area contributed by atoms with Gasteiger partial charge in [-0.25, -0.2) is 9.97 Å².